The molecule has 1 unspecified atom stereocenters. The van der Waals surface area contributed by atoms with Gasteiger partial charge in [0.15, 0.2) is 0 Å². The first-order chi connectivity index (χ1) is 9.83. The highest BCUT2D eigenvalue weighted by atomic mass is 16.5. The Kier molecular flexibility index (Phi) is 4.61. The summed E-state index contributed by atoms with van der Waals surface area (Å²) in [6.45, 7) is 4.92. The third-order valence-corrected chi connectivity index (χ3v) is 4.62. The normalized spacial score (nSPS) is 24.8. The van der Waals surface area contributed by atoms with E-state index in [2.05, 4.69) is 28.0 Å². The van der Waals surface area contributed by atoms with E-state index in [9.17, 15) is 0 Å². The zero-order valence-electron chi connectivity index (χ0n) is 12.6. The third kappa shape index (κ3) is 3.35. The second kappa shape index (κ2) is 6.61. The first-order valence-corrected chi connectivity index (χ1v) is 8.20. The van der Waals surface area contributed by atoms with Crippen LogP contribution in [0.3, 0.4) is 0 Å². The fourth-order valence-electron chi connectivity index (χ4n) is 3.49. The van der Waals surface area contributed by atoms with Crippen molar-refractivity contribution in [3.05, 3.63) is 11.9 Å². The summed E-state index contributed by atoms with van der Waals surface area (Å²) in [4.78, 5) is 4.68. The number of nitrogens with one attached hydrogen (secondary N) is 1. The van der Waals surface area contributed by atoms with E-state index in [-0.39, 0.29) is 0 Å². The molecule has 0 spiro atoms. The minimum Gasteiger partial charge on any atom is -0.381 e. The lowest BCUT2D eigenvalue weighted by molar-refractivity contribution is 0.0594. The van der Waals surface area contributed by atoms with E-state index < -0.39 is 0 Å². The molecule has 0 amide bonds. The van der Waals surface area contributed by atoms with Crippen LogP contribution in [0.5, 0.6) is 0 Å². The van der Waals surface area contributed by atoms with Crippen LogP contribution < -0.4 is 5.32 Å². The summed E-state index contributed by atoms with van der Waals surface area (Å²) in [6.07, 6.45) is 11.4. The van der Waals surface area contributed by atoms with Gasteiger partial charge in [0.1, 0.15) is 0 Å². The Morgan fingerprint density at radius 3 is 2.85 bits per heavy atom. The van der Waals surface area contributed by atoms with Gasteiger partial charge in [-0.25, -0.2) is 4.98 Å². The Labute approximate surface area is 121 Å². The highest BCUT2D eigenvalue weighted by molar-refractivity contribution is 5.29. The Bertz CT molecular complexity index is 417. The summed E-state index contributed by atoms with van der Waals surface area (Å²) >= 11 is 0. The average Bonchev–Trinajstić information content (AvgIpc) is 2.88. The van der Waals surface area contributed by atoms with Gasteiger partial charge in [0, 0.05) is 25.4 Å². The van der Waals surface area contributed by atoms with Gasteiger partial charge in [0.25, 0.3) is 0 Å². The molecule has 4 nitrogen and oxygen atoms in total. The molecule has 1 aromatic heterocycles. The summed E-state index contributed by atoms with van der Waals surface area (Å²) in [5, 5.41) is 3.57. The molecule has 0 bridgehead atoms. The molecule has 20 heavy (non-hydrogen) atoms. The van der Waals surface area contributed by atoms with Crippen molar-refractivity contribution in [2.75, 3.05) is 25.1 Å². The highest BCUT2D eigenvalue weighted by Crippen LogP contribution is 2.31. The lowest BCUT2D eigenvalue weighted by Crippen LogP contribution is -2.26. The SMILES string of the molecule is Cc1cn(C2CCCCC2)c(NCC2CCCOC2)n1. The molecule has 1 N–H and O–H groups in total. The Morgan fingerprint density at radius 1 is 1.25 bits per heavy atom. The van der Waals surface area contributed by atoms with Crippen LogP contribution in [0.2, 0.25) is 0 Å². The molecule has 2 fully saturated rings. The van der Waals surface area contributed by atoms with Gasteiger partial charge in [0.05, 0.1) is 12.3 Å². The van der Waals surface area contributed by atoms with E-state index in [1.54, 1.807) is 0 Å². The third-order valence-electron chi connectivity index (χ3n) is 4.62. The van der Waals surface area contributed by atoms with Crippen molar-refractivity contribution in [2.24, 2.45) is 5.92 Å². The molecule has 1 aliphatic carbocycles. The fourth-order valence-corrected chi connectivity index (χ4v) is 3.49. The molecule has 4 heteroatoms. The summed E-state index contributed by atoms with van der Waals surface area (Å²) in [6, 6.07) is 0.648. The quantitative estimate of drug-likeness (QED) is 0.915. The van der Waals surface area contributed by atoms with Crippen molar-refractivity contribution in [1.82, 2.24) is 9.55 Å². The summed E-state index contributed by atoms with van der Waals surface area (Å²) in [5.74, 6) is 1.71. The lowest BCUT2D eigenvalue weighted by Gasteiger charge is -2.26. The van der Waals surface area contributed by atoms with Gasteiger partial charge in [-0.15, -0.1) is 0 Å². The van der Waals surface area contributed by atoms with Gasteiger partial charge < -0.3 is 14.6 Å². The predicted octanol–water partition coefficient (Wildman–Crippen LogP) is 3.54. The molecule has 1 aromatic rings. The molecule has 0 aromatic carbocycles. The molecule has 2 aliphatic rings. The smallest absolute Gasteiger partial charge is 0.203 e. The molecule has 1 saturated heterocycles. The molecule has 112 valence electrons. The fraction of sp³-hybridized carbons (Fsp3) is 0.812. The van der Waals surface area contributed by atoms with Crippen molar-refractivity contribution in [2.45, 2.75) is 57.9 Å². The van der Waals surface area contributed by atoms with Gasteiger partial charge in [0.2, 0.25) is 5.95 Å². The summed E-state index contributed by atoms with van der Waals surface area (Å²) < 4.78 is 7.94. The van der Waals surface area contributed by atoms with Crippen LogP contribution in [0, 0.1) is 12.8 Å². The topological polar surface area (TPSA) is 39.1 Å². The number of aryl methyl sites for hydroxylation is 1. The number of ether oxygens (including phenoxy) is 1. The number of anilines is 1. The largest absolute Gasteiger partial charge is 0.381 e. The van der Waals surface area contributed by atoms with Crippen LogP contribution in [0.1, 0.15) is 56.7 Å². The van der Waals surface area contributed by atoms with E-state index in [0.717, 1.165) is 31.4 Å². The van der Waals surface area contributed by atoms with E-state index in [4.69, 9.17) is 4.74 Å². The van der Waals surface area contributed by atoms with Gasteiger partial charge in [-0.2, -0.15) is 0 Å². The second-order valence-corrected chi connectivity index (χ2v) is 6.37. The van der Waals surface area contributed by atoms with Gasteiger partial charge >= 0.3 is 0 Å². The van der Waals surface area contributed by atoms with Crippen LogP contribution in [-0.2, 0) is 4.74 Å². The Hall–Kier alpha value is -1.03. The molecule has 3 rings (SSSR count). The van der Waals surface area contributed by atoms with Crippen LogP contribution in [-0.4, -0.2) is 29.3 Å². The maximum Gasteiger partial charge on any atom is 0.203 e. The monoisotopic (exact) mass is 277 g/mol. The van der Waals surface area contributed by atoms with E-state index in [0.29, 0.717) is 12.0 Å². The van der Waals surface area contributed by atoms with Crippen molar-refractivity contribution < 1.29 is 4.74 Å². The van der Waals surface area contributed by atoms with Gasteiger partial charge in [-0.1, -0.05) is 19.3 Å². The maximum absolute atomic E-state index is 5.56. The zero-order chi connectivity index (χ0) is 13.8. The number of nitrogens with zero attached hydrogens (tertiary/aromatic N) is 2. The number of aromatic nitrogens is 2. The van der Waals surface area contributed by atoms with Crippen LogP contribution in [0.4, 0.5) is 5.95 Å². The molecule has 0 radical (unpaired) electrons. The van der Waals surface area contributed by atoms with Crippen molar-refractivity contribution in [3.63, 3.8) is 0 Å². The zero-order valence-corrected chi connectivity index (χ0v) is 12.6. The van der Waals surface area contributed by atoms with Gasteiger partial charge in [-0.3, -0.25) is 0 Å². The molecule has 1 atom stereocenters. The lowest BCUT2D eigenvalue weighted by atomic mass is 9.95. The number of imidazole rings is 1. The van der Waals surface area contributed by atoms with Crippen molar-refractivity contribution >= 4 is 5.95 Å². The van der Waals surface area contributed by atoms with Crippen LogP contribution in [0.25, 0.3) is 0 Å². The number of rotatable bonds is 4. The average molecular weight is 277 g/mol. The Balaban J connectivity index is 1.62. The first kappa shape index (κ1) is 13.9. The second-order valence-electron chi connectivity index (χ2n) is 6.37. The number of hydrogen-bond donors (Lipinski definition) is 1. The highest BCUT2D eigenvalue weighted by Gasteiger charge is 2.20. The number of hydrogen-bond acceptors (Lipinski definition) is 3. The van der Waals surface area contributed by atoms with E-state index >= 15 is 0 Å². The minimum absolute atomic E-state index is 0.639. The standard InChI is InChI=1S/C16H27N3O/c1-13-11-19(15-7-3-2-4-8-15)16(18-13)17-10-14-6-5-9-20-12-14/h11,14-15H,2-10,12H2,1H3,(H,17,18). The molecular weight excluding hydrogens is 250 g/mol. The van der Waals surface area contributed by atoms with Gasteiger partial charge in [-0.05, 0) is 38.5 Å². The van der Waals surface area contributed by atoms with E-state index in [1.807, 2.05) is 0 Å². The Morgan fingerprint density at radius 2 is 2.10 bits per heavy atom. The minimum atomic E-state index is 0.639. The van der Waals surface area contributed by atoms with Crippen molar-refractivity contribution in [3.8, 4) is 0 Å². The maximum atomic E-state index is 5.56. The molecular formula is C16H27N3O. The first-order valence-electron chi connectivity index (χ1n) is 8.20. The summed E-state index contributed by atoms with van der Waals surface area (Å²) in [7, 11) is 0. The van der Waals surface area contributed by atoms with Crippen LogP contribution in [0.15, 0.2) is 6.20 Å². The molecule has 2 heterocycles. The van der Waals surface area contributed by atoms with E-state index in [1.165, 1.54) is 44.9 Å². The predicted molar refractivity (Wildman–Crippen MR) is 81.1 cm³/mol. The van der Waals surface area contributed by atoms with Crippen molar-refractivity contribution in [1.29, 1.82) is 0 Å². The van der Waals surface area contributed by atoms with Crippen LogP contribution >= 0.6 is 0 Å². The summed E-state index contributed by atoms with van der Waals surface area (Å²) in [5.41, 5.74) is 1.12. The molecule has 1 saturated carbocycles. The molecule has 1 aliphatic heterocycles.